The first kappa shape index (κ1) is 11.9. The van der Waals surface area contributed by atoms with E-state index in [2.05, 4.69) is 44.2 Å². The van der Waals surface area contributed by atoms with Crippen molar-refractivity contribution in [3.63, 3.8) is 0 Å². The van der Waals surface area contributed by atoms with Gasteiger partial charge in [-0.1, -0.05) is 39.8 Å². The summed E-state index contributed by atoms with van der Waals surface area (Å²) in [5, 5.41) is 0. The minimum atomic E-state index is 0.435. The van der Waals surface area contributed by atoms with E-state index < -0.39 is 0 Å². The average Bonchev–Trinajstić information content (AvgIpc) is 2.18. The Morgan fingerprint density at radius 1 is 1.27 bits per heavy atom. The highest BCUT2D eigenvalue weighted by molar-refractivity contribution is 5.14. The quantitative estimate of drug-likeness (QED) is 0.703. The number of hydrogen-bond donors (Lipinski definition) is 0. The maximum atomic E-state index is 4.57. The zero-order valence-corrected chi connectivity index (χ0v) is 10.1. The Hall–Kier alpha value is -1.18. The van der Waals surface area contributed by atoms with Gasteiger partial charge in [0.15, 0.2) is 0 Å². The van der Waals surface area contributed by atoms with Crippen molar-refractivity contribution >= 4 is 0 Å². The molecule has 1 aromatic heterocycles. The van der Waals surface area contributed by atoms with Crippen molar-refractivity contribution in [1.29, 1.82) is 0 Å². The maximum absolute atomic E-state index is 4.57. The molecule has 15 heavy (non-hydrogen) atoms. The van der Waals surface area contributed by atoms with Crippen LogP contribution < -0.4 is 0 Å². The molecule has 0 unspecified atom stereocenters. The van der Waals surface area contributed by atoms with Gasteiger partial charge in [0.2, 0.25) is 0 Å². The van der Waals surface area contributed by atoms with Crippen LogP contribution in [0.5, 0.6) is 0 Å². The monoisotopic (exact) mass is 204 g/mol. The van der Waals surface area contributed by atoms with Crippen LogP contribution in [0, 0.1) is 5.92 Å². The van der Waals surface area contributed by atoms with E-state index in [1.807, 2.05) is 12.4 Å². The van der Waals surface area contributed by atoms with Gasteiger partial charge < -0.3 is 0 Å². The van der Waals surface area contributed by atoms with Crippen LogP contribution in [0.1, 0.15) is 45.0 Å². The van der Waals surface area contributed by atoms with Crippen molar-refractivity contribution in [2.45, 2.75) is 40.0 Å². The van der Waals surface area contributed by atoms with Crippen molar-refractivity contribution in [3.8, 4) is 0 Å². The van der Waals surface area contributed by atoms with E-state index in [4.69, 9.17) is 0 Å². The molecule has 1 rings (SSSR count). The Labute approximate surface area is 92.5 Å². The number of allylic oxidation sites excluding steroid dienone is 1. The van der Waals surface area contributed by atoms with E-state index >= 15 is 0 Å². The summed E-state index contributed by atoms with van der Waals surface area (Å²) < 4.78 is 0. The fourth-order valence-electron chi connectivity index (χ4n) is 1.22. The molecule has 1 heterocycles. The Balaban J connectivity index is 2.78. The molecule has 0 radical (unpaired) electrons. The summed E-state index contributed by atoms with van der Waals surface area (Å²) in [4.78, 5) is 8.79. The molecule has 0 fully saturated rings. The first-order chi connectivity index (χ1) is 7.00. The lowest BCUT2D eigenvalue weighted by Crippen LogP contribution is -2.03. The highest BCUT2D eigenvalue weighted by atomic mass is 14.8. The summed E-state index contributed by atoms with van der Waals surface area (Å²) in [5.41, 5.74) is 3.30. The summed E-state index contributed by atoms with van der Waals surface area (Å²) in [6.07, 6.45) is 4.51. The maximum Gasteiger partial charge on any atom is 0.0630 e. The highest BCUT2D eigenvalue weighted by Crippen LogP contribution is 2.15. The number of rotatable bonds is 4. The molecule has 0 saturated carbocycles. The third kappa shape index (κ3) is 3.46. The molecule has 0 saturated heterocycles. The average molecular weight is 204 g/mol. The molecule has 0 aliphatic rings. The van der Waals surface area contributed by atoms with Crippen molar-refractivity contribution in [3.05, 3.63) is 35.9 Å². The second kappa shape index (κ2) is 5.06. The largest absolute Gasteiger partial charge is 0.261 e. The van der Waals surface area contributed by atoms with Gasteiger partial charge in [-0.2, -0.15) is 0 Å². The fraction of sp³-hybridized carbons (Fsp3) is 0.538. The van der Waals surface area contributed by atoms with E-state index in [9.17, 15) is 0 Å². The van der Waals surface area contributed by atoms with Gasteiger partial charge in [-0.05, 0) is 11.8 Å². The van der Waals surface area contributed by atoms with Crippen LogP contribution >= 0.6 is 0 Å². The number of hydrogen-bond acceptors (Lipinski definition) is 2. The van der Waals surface area contributed by atoms with Crippen LogP contribution in [0.3, 0.4) is 0 Å². The summed E-state index contributed by atoms with van der Waals surface area (Å²) in [5.74, 6) is 0.944. The lowest BCUT2D eigenvalue weighted by molar-refractivity contribution is 0.728. The summed E-state index contributed by atoms with van der Waals surface area (Å²) in [7, 11) is 0. The van der Waals surface area contributed by atoms with Crippen LogP contribution in [0.4, 0.5) is 0 Å². The Morgan fingerprint density at radius 2 is 1.93 bits per heavy atom. The zero-order chi connectivity index (χ0) is 11.4. The molecule has 0 N–H and O–H groups in total. The topological polar surface area (TPSA) is 25.8 Å². The third-order valence-electron chi connectivity index (χ3n) is 2.52. The normalized spacial score (nSPS) is 11.1. The molecule has 82 valence electrons. The predicted octanol–water partition coefficient (Wildman–Crippen LogP) is 3.35. The molecule has 0 aromatic carbocycles. The number of nitrogens with zero attached hydrogens (tertiary/aromatic N) is 2. The highest BCUT2D eigenvalue weighted by Gasteiger charge is 2.06. The van der Waals surface area contributed by atoms with Crippen molar-refractivity contribution in [2.75, 3.05) is 0 Å². The second-order valence-corrected chi connectivity index (χ2v) is 4.58. The molecule has 1 aromatic rings. The zero-order valence-electron chi connectivity index (χ0n) is 10.1. The Kier molecular flexibility index (Phi) is 4.01. The first-order valence-corrected chi connectivity index (χ1v) is 5.49. The van der Waals surface area contributed by atoms with E-state index in [1.54, 1.807) is 0 Å². The van der Waals surface area contributed by atoms with Gasteiger partial charge in [-0.3, -0.25) is 9.97 Å². The van der Waals surface area contributed by atoms with Crippen molar-refractivity contribution in [1.82, 2.24) is 9.97 Å². The molecule has 0 bridgehead atoms. The van der Waals surface area contributed by atoms with Gasteiger partial charge >= 0.3 is 0 Å². The molecule has 0 aliphatic carbocycles. The smallest absolute Gasteiger partial charge is 0.0630 e. The molecular formula is C13H20N2. The molecule has 0 aliphatic heterocycles. The Bertz CT molecular complexity index is 340. The predicted molar refractivity (Wildman–Crippen MR) is 63.8 cm³/mol. The van der Waals surface area contributed by atoms with Crippen LogP contribution in [0.15, 0.2) is 24.5 Å². The van der Waals surface area contributed by atoms with E-state index in [1.165, 1.54) is 5.57 Å². The van der Waals surface area contributed by atoms with Gasteiger partial charge in [-0.15, -0.1) is 0 Å². The van der Waals surface area contributed by atoms with E-state index in [0.29, 0.717) is 11.8 Å². The van der Waals surface area contributed by atoms with Gasteiger partial charge in [0, 0.05) is 18.8 Å². The van der Waals surface area contributed by atoms with Crippen molar-refractivity contribution in [2.24, 2.45) is 5.92 Å². The Morgan fingerprint density at radius 3 is 2.47 bits per heavy atom. The van der Waals surface area contributed by atoms with Crippen molar-refractivity contribution < 1.29 is 0 Å². The number of aromatic nitrogens is 2. The summed E-state index contributed by atoms with van der Waals surface area (Å²) in [6.45, 7) is 12.6. The minimum Gasteiger partial charge on any atom is -0.261 e. The van der Waals surface area contributed by atoms with Gasteiger partial charge in [0.1, 0.15) is 0 Å². The lowest BCUT2D eigenvalue weighted by atomic mass is 10.0. The van der Waals surface area contributed by atoms with Gasteiger partial charge in [0.25, 0.3) is 0 Å². The standard InChI is InChI=1S/C13H20N2/c1-9(2)11(5)6-12-7-14-8-13(15-12)10(3)4/h7-10H,5-6H2,1-4H3. The van der Waals surface area contributed by atoms with Crippen LogP contribution in [-0.2, 0) is 6.42 Å². The van der Waals surface area contributed by atoms with E-state index in [0.717, 1.165) is 17.8 Å². The van der Waals surface area contributed by atoms with Crippen LogP contribution in [-0.4, -0.2) is 9.97 Å². The second-order valence-electron chi connectivity index (χ2n) is 4.58. The minimum absolute atomic E-state index is 0.435. The third-order valence-corrected chi connectivity index (χ3v) is 2.52. The molecule has 0 spiro atoms. The van der Waals surface area contributed by atoms with Crippen LogP contribution in [0.2, 0.25) is 0 Å². The fourth-order valence-corrected chi connectivity index (χ4v) is 1.22. The molecule has 2 nitrogen and oxygen atoms in total. The van der Waals surface area contributed by atoms with Gasteiger partial charge in [0.05, 0.1) is 11.4 Å². The lowest BCUT2D eigenvalue weighted by Gasteiger charge is -2.10. The molecule has 0 amide bonds. The molecule has 0 atom stereocenters. The first-order valence-electron chi connectivity index (χ1n) is 5.49. The van der Waals surface area contributed by atoms with E-state index in [-0.39, 0.29) is 0 Å². The summed E-state index contributed by atoms with van der Waals surface area (Å²) >= 11 is 0. The van der Waals surface area contributed by atoms with Gasteiger partial charge in [-0.25, -0.2) is 0 Å². The molecular weight excluding hydrogens is 184 g/mol. The summed E-state index contributed by atoms with van der Waals surface area (Å²) in [6, 6.07) is 0. The van der Waals surface area contributed by atoms with Crippen LogP contribution in [0.25, 0.3) is 0 Å². The molecule has 2 heteroatoms. The SMILES string of the molecule is C=C(Cc1cncc(C(C)C)n1)C(C)C.